The van der Waals surface area contributed by atoms with Crippen molar-refractivity contribution in [2.24, 2.45) is 0 Å². The Morgan fingerprint density at radius 3 is 2.64 bits per heavy atom. The maximum atomic E-state index is 12.0. The van der Waals surface area contributed by atoms with Gasteiger partial charge in [0.1, 0.15) is 0 Å². The van der Waals surface area contributed by atoms with Crippen LogP contribution in [-0.2, 0) is 4.79 Å². The van der Waals surface area contributed by atoms with Gasteiger partial charge in [-0.2, -0.15) is 5.10 Å². The highest BCUT2D eigenvalue weighted by Crippen LogP contribution is 2.44. The lowest BCUT2D eigenvalue weighted by Gasteiger charge is -2.17. The van der Waals surface area contributed by atoms with Crippen LogP contribution in [0.3, 0.4) is 0 Å². The summed E-state index contributed by atoms with van der Waals surface area (Å²) in [5.41, 5.74) is 3.02. The molecule has 0 saturated carbocycles. The fourth-order valence-corrected chi connectivity index (χ4v) is 3.78. The van der Waals surface area contributed by atoms with Crippen LogP contribution < -0.4 is 5.32 Å². The van der Waals surface area contributed by atoms with Gasteiger partial charge in [0.25, 0.3) is 0 Å². The number of nitrogens with one attached hydrogen (secondary N) is 2. The van der Waals surface area contributed by atoms with Crippen LogP contribution in [0.15, 0.2) is 24.3 Å². The number of anilines is 1. The zero-order valence-electron chi connectivity index (χ0n) is 12.1. The third-order valence-electron chi connectivity index (χ3n) is 3.67. The van der Waals surface area contributed by atoms with E-state index in [1.54, 1.807) is 24.3 Å². The van der Waals surface area contributed by atoms with E-state index in [2.05, 4.69) is 15.5 Å². The number of carbonyl (C=O) groups is 2. The zero-order valence-corrected chi connectivity index (χ0v) is 12.9. The molecule has 2 atom stereocenters. The number of aromatic amines is 1. The minimum atomic E-state index is -0.953. The molecule has 0 fully saturated rings. The number of carbonyl (C=O) groups excluding carboxylic acids is 1. The number of carboxylic acids is 1. The summed E-state index contributed by atoms with van der Waals surface area (Å²) in [7, 11) is 0. The van der Waals surface area contributed by atoms with Crippen molar-refractivity contribution >= 4 is 29.5 Å². The molecule has 2 aromatic rings. The van der Waals surface area contributed by atoms with E-state index in [1.807, 2.05) is 13.8 Å². The lowest BCUT2D eigenvalue weighted by Crippen LogP contribution is -2.21. The van der Waals surface area contributed by atoms with Crippen LogP contribution in [0.1, 0.15) is 39.4 Å². The van der Waals surface area contributed by atoms with E-state index in [1.165, 1.54) is 11.8 Å². The third-order valence-corrected chi connectivity index (χ3v) is 5.07. The Hall–Kier alpha value is -2.28. The highest BCUT2D eigenvalue weighted by molar-refractivity contribution is 8.01. The molecule has 0 radical (unpaired) electrons. The molecule has 1 aromatic heterocycles. The molecule has 0 bridgehead atoms. The molecular weight excluding hydrogens is 302 g/mol. The average molecular weight is 317 g/mol. The number of H-pyrrole nitrogens is 1. The van der Waals surface area contributed by atoms with Crippen molar-refractivity contribution in [3.8, 4) is 0 Å². The molecule has 0 unspecified atom stereocenters. The average Bonchev–Trinajstić information content (AvgIpc) is 2.79. The summed E-state index contributed by atoms with van der Waals surface area (Å²) in [5, 5.41) is 18.6. The molecule has 1 amide bonds. The first-order chi connectivity index (χ1) is 10.5. The first-order valence-electron chi connectivity index (χ1n) is 6.82. The first-order valence-corrected chi connectivity index (χ1v) is 7.76. The number of hydrogen-bond acceptors (Lipinski definition) is 4. The largest absolute Gasteiger partial charge is 0.478 e. The smallest absolute Gasteiger partial charge is 0.335 e. The van der Waals surface area contributed by atoms with Crippen molar-refractivity contribution < 1.29 is 14.7 Å². The van der Waals surface area contributed by atoms with Gasteiger partial charge in [-0.25, -0.2) is 4.79 Å². The Morgan fingerprint density at radius 2 is 2.00 bits per heavy atom. The van der Waals surface area contributed by atoms with Crippen LogP contribution in [0, 0.1) is 6.92 Å². The fraction of sp³-hybridized carbons (Fsp3) is 0.267. The Balaban J connectivity index is 2.06. The van der Waals surface area contributed by atoms with Gasteiger partial charge >= 0.3 is 5.97 Å². The predicted octanol–water partition coefficient (Wildman–Crippen LogP) is 2.58. The molecule has 0 spiro atoms. The molecule has 6 nitrogen and oxygen atoms in total. The Kier molecular flexibility index (Phi) is 3.66. The molecule has 0 aliphatic carbocycles. The summed E-state index contributed by atoms with van der Waals surface area (Å²) >= 11 is 1.52. The number of aromatic nitrogens is 2. The van der Waals surface area contributed by atoms with Gasteiger partial charge in [-0.15, -0.1) is 11.8 Å². The first kappa shape index (κ1) is 14.6. The van der Waals surface area contributed by atoms with Crippen molar-refractivity contribution in [3.63, 3.8) is 0 Å². The standard InChI is InChI=1S/C15H15N3O3S/c1-7-11-12(9-3-5-10(6-4-9)15(20)21)22-8(2)14(19)16-13(11)18-17-7/h3-6,8,12H,1-2H3,(H,20,21)(H2,16,17,18,19)/t8-,12-/m0/s1. The zero-order chi connectivity index (χ0) is 15.9. The molecule has 22 heavy (non-hydrogen) atoms. The minimum Gasteiger partial charge on any atom is -0.478 e. The van der Waals surface area contributed by atoms with Crippen molar-refractivity contribution in [2.75, 3.05) is 5.32 Å². The number of benzene rings is 1. The predicted molar refractivity (Wildman–Crippen MR) is 84.3 cm³/mol. The van der Waals surface area contributed by atoms with Crippen molar-refractivity contribution in [2.45, 2.75) is 24.3 Å². The third kappa shape index (κ3) is 2.48. The van der Waals surface area contributed by atoms with Crippen LogP contribution in [0.2, 0.25) is 0 Å². The normalized spacial score (nSPS) is 20.9. The van der Waals surface area contributed by atoms with Gasteiger partial charge in [0.2, 0.25) is 5.91 Å². The lowest BCUT2D eigenvalue weighted by molar-refractivity contribution is -0.115. The quantitative estimate of drug-likeness (QED) is 0.791. The van der Waals surface area contributed by atoms with E-state index in [0.717, 1.165) is 16.8 Å². The highest BCUT2D eigenvalue weighted by Gasteiger charge is 2.32. The van der Waals surface area contributed by atoms with E-state index in [-0.39, 0.29) is 22.0 Å². The SMILES string of the molecule is Cc1[nH]nc2c1[C@H](c1ccc(C(=O)O)cc1)S[C@@H](C)C(=O)N2. The number of aromatic carboxylic acids is 1. The molecule has 1 aliphatic heterocycles. The summed E-state index contributed by atoms with van der Waals surface area (Å²) < 4.78 is 0. The van der Waals surface area contributed by atoms with Crippen LogP contribution in [0.25, 0.3) is 0 Å². The van der Waals surface area contributed by atoms with Crippen LogP contribution in [0.5, 0.6) is 0 Å². The molecule has 2 heterocycles. The lowest BCUT2D eigenvalue weighted by atomic mass is 10.0. The van der Waals surface area contributed by atoms with Gasteiger partial charge in [0.15, 0.2) is 5.82 Å². The Labute approximate surface area is 131 Å². The van der Waals surface area contributed by atoms with E-state index in [0.29, 0.717) is 5.82 Å². The number of rotatable bonds is 2. The molecule has 114 valence electrons. The van der Waals surface area contributed by atoms with Crippen molar-refractivity contribution in [3.05, 3.63) is 46.6 Å². The number of thioether (sulfide) groups is 1. The van der Waals surface area contributed by atoms with E-state index in [9.17, 15) is 9.59 Å². The number of carboxylic acid groups (broad SMARTS) is 1. The maximum Gasteiger partial charge on any atom is 0.335 e. The number of hydrogen-bond donors (Lipinski definition) is 3. The summed E-state index contributed by atoms with van der Waals surface area (Å²) in [4.78, 5) is 23.0. The molecular formula is C15H15N3O3S. The summed E-state index contributed by atoms with van der Waals surface area (Å²) in [6, 6.07) is 6.75. The fourth-order valence-electron chi connectivity index (χ4n) is 2.45. The molecule has 3 N–H and O–H groups in total. The number of aryl methyl sites for hydroxylation is 1. The van der Waals surface area contributed by atoms with Crippen molar-refractivity contribution in [1.29, 1.82) is 0 Å². The Morgan fingerprint density at radius 1 is 1.32 bits per heavy atom. The summed E-state index contributed by atoms with van der Waals surface area (Å²) in [6.45, 7) is 3.76. The number of nitrogens with zero attached hydrogens (tertiary/aromatic N) is 1. The topological polar surface area (TPSA) is 95.1 Å². The summed E-state index contributed by atoms with van der Waals surface area (Å²) in [6.07, 6.45) is 0. The van der Waals surface area contributed by atoms with Crippen LogP contribution in [-0.4, -0.2) is 32.4 Å². The minimum absolute atomic E-state index is 0.0782. The maximum absolute atomic E-state index is 12.0. The van der Waals surface area contributed by atoms with Crippen LogP contribution >= 0.6 is 11.8 Å². The van der Waals surface area contributed by atoms with Crippen LogP contribution in [0.4, 0.5) is 5.82 Å². The summed E-state index contributed by atoms with van der Waals surface area (Å²) in [5.74, 6) is -0.487. The number of fused-ring (bicyclic) bond motifs is 1. The monoisotopic (exact) mass is 317 g/mol. The second kappa shape index (κ2) is 5.49. The number of amides is 1. The van der Waals surface area contributed by atoms with E-state index in [4.69, 9.17) is 5.11 Å². The van der Waals surface area contributed by atoms with E-state index >= 15 is 0 Å². The van der Waals surface area contributed by atoms with Gasteiger partial charge in [0, 0.05) is 11.3 Å². The van der Waals surface area contributed by atoms with Gasteiger partial charge in [-0.1, -0.05) is 12.1 Å². The molecule has 7 heteroatoms. The van der Waals surface area contributed by atoms with Gasteiger partial charge in [-0.05, 0) is 31.5 Å². The second-order valence-corrected chi connectivity index (χ2v) is 6.64. The molecule has 1 aliphatic rings. The second-order valence-electron chi connectivity index (χ2n) is 5.19. The molecule has 3 rings (SSSR count). The Bertz CT molecular complexity index is 739. The molecule has 0 saturated heterocycles. The van der Waals surface area contributed by atoms with Gasteiger partial charge < -0.3 is 10.4 Å². The van der Waals surface area contributed by atoms with E-state index < -0.39 is 5.97 Å². The van der Waals surface area contributed by atoms with Gasteiger partial charge in [0.05, 0.1) is 16.1 Å². The highest BCUT2D eigenvalue weighted by atomic mass is 32.2. The molecule has 1 aromatic carbocycles. The van der Waals surface area contributed by atoms with Crippen molar-refractivity contribution in [1.82, 2.24) is 10.2 Å². The van der Waals surface area contributed by atoms with Gasteiger partial charge in [-0.3, -0.25) is 9.89 Å².